The molecule has 92 valence electrons. The lowest BCUT2D eigenvalue weighted by Gasteiger charge is -2.17. The third-order valence-corrected chi connectivity index (χ3v) is 3.28. The molecule has 0 saturated heterocycles. The number of carbonyl (C=O) groups is 1. The van der Waals surface area contributed by atoms with E-state index >= 15 is 0 Å². The Hall–Kier alpha value is -1.81. The van der Waals surface area contributed by atoms with Crippen LogP contribution in [0.2, 0.25) is 5.02 Å². The normalized spacial score (nSPS) is 13.7. The first-order valence-corrected chi connectivity index (χ1v) is 6.18. The molecule has 0 fully saturated rings. The van der Waals surface area contributed by atoms with Crippen LogP contribution in [0.4, 0.5) is 5.69 Å². The van der Waals surface area contributed by atoms with Crippen molar-refractivity contribution in [3.05, 3.63) is 47.2 Å². The first kappa shape index (κ1) is 11.3. The van der Waals surface area contributed by atoms with Crippen LogP contribution in [-0.2, 0) is 17.8 Å². The highest BCUT2D eigenvalue weighted by atomic mass is 35.5. The maximum absolute atomic E-state index is 12.2. The Morgan fingerprint density at radius 3 is 3.00 bits per heavy atom. The average molecular weight is 262 g/mol. The molecule has 1 aliphatic rings. The minimum atomic E-state index is 0.0414. The fourth-order valence-electron chi connectivity index (χ4n) is 2.25. The van der Waals surface area contributed by atoms with Crippen molar-refractivity contribution < 1.29 is 4.79 Å². The molecule has 0 N–H and O–H groups in total. The van der Waals surface area contributed by atoms with E-state index in [1.165, 1.54) is 11.8 Å². The molecular formula is C13H12ClN3O. The first-order valence-electron chi connectivity index (χ1n) is 5.80. The first-order chi connectivity index (χ1) is 8.74. The molecule has 1 aromatic carbocycles. The molecule has 0 unspecified atom stereocenters. The summed E-state index contributed by atoms with van der Waals surface area (Å²) in [5.41, 5.74) is 2.24. The lowest BCUT2D eigenvalue weighted by molar-refractivity contribution is -0.119. The largest absolute Gasteiger partial charge is 0.310 e. The molecule has 0 radical (unpaired) electrons. The van der Waals surface area contributed by atoms with Gasteiger partial charge in [-0.3, -0.25) is 9.48 Å². The number of hydrogen-bond acceptors (Lipinski definition) is 2. The monoisotopic (exact) mass is 261 g/mol. The van der Waals surface area contributed by atoms with Crippen LogP contribution in [0.15, 0.2) is 36.7 Å². The van der Waals surface area contributed by atoms with Crippen LogP contribution in [0.1, 0.15) is 5.56 Å². The van der Waals surface area contributed by atoms with Crippen LogP contribution in [0.25, 0.3) is 0 Å². The predicted octanol–water partition coefficient (Wildman–Crippen LogP) is 2.13. The zero-order valence-corrected chi connectivity index (χ0v) is 10.5. The quantitative estimate of drug-likeness (QED) is 0.831. The maximum atomic E-state index is 12.2. The summed E-state index contributed by atoms with van der Waals surface area (Å²) in [6, 6.07) is 8.00. The number of nitrogens with zero attached hydrogens (tertiary/aromatic N) is 3. The van der Waals surface area contributed by atoms with Gasteiger partial charge in [0.25, 0.3) is 0 Å². The van der Waals surface area contributed by atoms with Gasteiger partial charge in [-0.05, 0) is 18.1 Å². The molecule has 0 spiro atoms. The molecule has 0 aliphatic carbocycles. The van der Waals surface area contributed by atoms with Gasteiger partial charge in [0.2, 0.25) is 5.91 Å². The Morgan fingerprint density at radius 1 is 1.39 bits per heavy atom. The molecule has 0 atom stereocenters. The number of hydrogen-bond donors (Lipinski definition) is 0. The summed E-state index contributed by atoms with van der Waals surface area (Å²) in [6.07, 6.45) is 4.11. The standard InChI is InChI=1S/C13H12ClN3O/c14-11-7-15-16(8-11)9-13(18)17-6-5-10-3-1-2-4-12(10)17/h1-4,7-8H,5-6,9H2. The third kappa shape index (κ3) is 1.99. The molecule has 2 aromatic rings. The van der Waals surface area contributed by atoms with Crippen LogP contribution in [0.3, 0.4) is 0 Å². The van der Waals surface area contributed by atoms with E-state index in [2.05, 4.69) is 11.2 Å². The van der Waals surface area contributed by atoms with Gasteiger partial charge >= 0.3 is 0 Å². The van der Waals surface area contributed by atoms with Crippen molar-refractivity contribution in [3.63, 3.8) is 0 Å². The highest BCUT2D eigenvalue weighted by molar-refractivity contribution is 6.30. The third-order valence-electron chi connectivity index (χ3n) is 3.09. The Kier molecular flexibility index (Phi) is 2.80. The van der Waals surface area contributed by atoms with E-state index in [1.807, 2.05) is 23.1 Å². The number of carbonyl (C=O) groups excluding carboxylic acids is 1. The van der Waals surface area contributed by atoms with E-state index < -0.39 is 0 Å². The summed E-state index contributed by atoms with van der Waals surface area (Å²) >= 11 is 5.78. The molecule has 0 bridgehead atoms. The molecule has 4 nitrogen and oxygen atoms in total. The topological polar surface area (TPSA) is 38.1 Å². The van der Waals surface area contributed by atoms with Gasteiger partial charge in [-0.25, -0.2) is 0 Å². The van der Waals surface area contributed by atoms with Crippen molar-refractivity contribution in [1.82, 2.24) is 9.78 Å². The Bertz CT molecular complexity index is 593. The summed E-state index contributed by atoms with van der Waals surface area (Å²) in [5.74, 6) is 0.0414. The summed E-state index contributed by atoms with van der Waals surface area (Å²) in [4.78, 5) is 14.0. The van der Waals surface area contributed by atoms with Crippen molar-refractivity contribution in [2.75, 3.05) is 11.4 Å². The van der Waals surface area contributed by atoms with Gasteiger partial charge in [0.15, 0.2) is 0 Å². The minimum absolute atomic E-state index is 0.0414. The molecule has 5 heteroatoms. The van der Waals surface area contributed by atoms with Crippen LogP contribution in [-0.4, -0.2) is 22.2 Å². The van der Waals surface area contributed by atoms with Gasteiger partial charge in [-0.15, -0.1) is 0 Å². The van der Waals surface area contributed by atoms with Crippen molar-refractivity contribution in [2.24, 2.45) is 0 Å². The van der Waals surface area contributed by atoms with Crippen molar-refractivity contribution in [3.8, 4) is 0 Å². The molecule has 1 aliphatic heterocycles. The van der Waals surface area contributed by atoms with Crippen molar-refractivity contribution in [2.45, 2.75) is 13.0 Å². The van der Waals surface area contributed by atoms with Gasteiger partial charge < -0.3 is 4.90 Å². The number of rotatable bonds is 2. The van der Waals surface area contributed by atoms with Gasteiger partial charge in [0.05, 0.1) is 11.2 Å². The number of benzene rings is 1. The summed E-state index contributed by atoms with van der Waals surface area (Å²) in [6.45, 7) is 0.967. The molecule has 3 rings (SSSR count). The zero-order chi connectivity index (χ0) is 12.5. The van der Waals surface area contributed by atoms with E-state index in [0.717, 1.165) is 18.7 Å². The van der Waals surface area contributed by atoms with Crippen LogP contribution < -0.4 is 4.90 Å². The number of aromatic nitrogens is 2. The maximum Gasteiger partial charge on any atom is 0.248 e. The van der Waals surface area contributed by atoms with E-state index in [0.29, 0.717) is 5.02 Å². The Balaban J connectivity index is 1.78. The SMILES string of the molecule is O=C(Cn1cc(Cl)cn1)N1CCc2ccccc21. The zero-order valence-electron chi connectivity index (χ0n) is 9.71. The Morgan fingerprint density at radius 2 is 2.22 bits per heavy atom. The second-order valence-electron chi connectivity index (χ2n) is 4.28. The van der Waals surface area contributed by atoms with E-state index in [-0.39, 0.29) is 12.5 Å². The van der Waals surface area contributed by atoms with Gasteiger partial charge in [0.1, 0.15) is 6.54 Å². The molecule has 0 saturated carbocycles. The summed E-state index contributed by atoms with van der Waals surface area (Å²) in [7, 11) is 0. The van der Waals surface area contributed by atoms with Crippen LogP contribution in [0, 0.1) is 0 Å². The van der Waals surface area contributed by atoms with Gasteiger partial charge in [-0.2, -0.15) is 5.10 Å². The molecule has 2 heterocycles. The molecule has 1 aromatic heterocycles. The second-order valence-corrected chi connectivity index (χ2v) is 4.72. The van der Waals surface area contributed by atoms with E-state index in [1.54, 1.807) is 10.9 Å². The lowest BCUT2D eigenvalue weighted by atomic mass is 10.2. The molecule has 1 amide bonds. The number of fused-ring (bicyclic) bond motifs is 1. The van der Waals surface area contributed by atoms with Crippen molar-refractivity contribution >= 4 is 23.2 Å². The molecular weight excluding hydrogens is 250 g/mol. The Labute approximate surface area is 110 Å². The number of para-hydroxylation sites is 1. The fourth-order valence-corrected chi connectivity index (χ4v) is 2.40. The fraction of sp³-hybridized carbons (Fsp3) is 0.231. The minimum Gasteiger partial charge on any atom is -0.310 e. The van der Waals surface area contributed by atoms with Crippen molar-refractivity contribution in [1.29, 1.82) is 0 Å². The van der Waals surface area contributed by atoms with E-state index in [4.69, 9.17) is 11.6 Å². The lowest BCUT2D eigenvalue weighted by Crippen LogP contribution is -2.32. The van der Waals surface area contributed by atoms with Crippen LogP contribution in [0.5, 0.6) is 0 Å². The summed E-state index contributed by atoms with van der Waals surface area (Å²) in [5, 5.41) is 4.57. The predicted molar refractivity (Wildman–Crippen MR) is 69.7 cm³/mol. The average Bonchev–Trinajstić information content (AvgIpc) is 2.95. The van der Waals surface area contributed by atoms with Gasteiger partial charge in [-0.1, -0.05) is 29.8 Å². The smallest absolute Gasteiger partial charge is 0.248 e. The highest BCUT2D eigenvalue weighted by Gasteiger charge is 2.24. The summed E-state index contributed by atoms with van der Waals surface area (Å²) < 4.78 is 1.56. The number of amides is 1. The second kappa shape index (κ2) is 4.46. The molecule has 18 heavy (non-hydrogen) atoms. The van der Waals surface area contributed by atoms with E-state index in [9.17, 15) is 4.79 Å². The van der Waals surface area contributed by atoms with Crippen LogP contribution >= 0.6 is 11.6 Å². The number of halogens is 1. The highest BCUT2D eigenvalue weighted by Crippen LogP contribution is 2.27. The number of anilines is 1. The van der Waals surface area contributed by atoms with Gasteiger partial charge in [0, 0.05) is 18.4 Å².